The Kier molecular flexibility index (Phi) is 5.51. The summed E-state index contributed by atoms with van der Waals surface area (Å²) >= 11 is 7.70. The van der Waals surface area contributed by atoms with Crippen LogP contribution >= 0.6 is 23.4 Å². The van der Waals surface area contributed by atoms with Crippen molar-refractivity contribution in [2.75, 3.05) is 23.7 Å². The molecule has 5 heterocycles. The predicted molar refractivity (Wildman–Crippen MR) is 139 cm³/mol. The first-order valence-electron chi connectivity index (χ1n) is 11.6. The second-order valence-corrected chi connectivity index (χ2v) is 10.8. The Labute approximate surface area is 212 Å². The first-order valence-corrected chi connectivity index (χ1v) is 12.8. The molecule has 0 aromatic carbocycles. The molecular formula is C25H25ClN8S. The Balaban J connectivity index is 1.18. The van der Waals surface area contributed by atoms with Gasteiger partial charge in [0.05, 0.1) is 11.2 Å². The molecule has 178 valence electrons. The lowest BCUT2D eigenvalue weighted by Crippen LogP contribution is -2.44. The molecule has 6 rings (SSSR count). The predicted octanol–water partition coefficient (Wildman–Crippen LogP) is 4.35. The van der Waals surface area contributed by atoms with Crippen LogP contribution in [0.15, 0.2) is 52.6 Å². The number of aryl methyl sites for hydroxylation is 1. The highest BCUT2D eigenvalue weighted by Gasteiger charge is 2.46. The Morgan fingerprint density at radius 1 is 1.06 bits per heavy atom. The smallest absolute Gasteiger partial charge is 0.179 e. The van der Waals surface area contributed by atoms with Crippen LogP contribution in [0, 0.1) is 12.3 Å². The maximum atomic E-state index is 6.74. The fourth-order valence-corrected chi connectivity index (χ4v) is 6.25. The topological polar surface area (TPSA) is 120 Å². The number of anilines is 2. The van der Waals surface area contributed by atoms with Gasteiger partial charge in [-0.15, -0.1) is 0 Å². The van der Waals surface area contributed by atoms with Crippen molar-refractivity contribution in [3.63, 3.8) is 0 Å². The molecule has 1 atom stereocenters. The summed E-state index contributed by atoms with van der Waals surface area (Å²) in [6.07, 6.45) is 6.42. The number of hydrogen-bond acceptors (Lipinski definition) is 9. The van der Waals surface area contributed by atoms with Gasteiger partial charge in [-0.1, -0.05) is 29.4 Å². The number of nitrogens with zero attached hydrogens (tertiary/aromatic N) is 6. The number of pyridine rings is 3. The van der Waals surface area contributed by atoms with Crippen molar-refractivity contribution >= 4 is 46.2 Å². The molecule has 1 unspecified atom stereocenters. The molecule has 0 saturated carbocycles. The lowest BCUT2D eigenvalue weighted by atomic mass is 9.73. The van der Waals surface area contributed by atoms with Crippen LogP contribution in [-0.2, 0) is 6.42 Å². The van der Waals surface area contributed by atoms with Crippen molar-refractivity contribution in [1.82, 2.24) is 24.9 Å². The third-order valence-electron chi connectivity index (χ3n) is 7.21. The minimum Gasteiger partial charge on any atom is -0.382 e. The summed E-state index contributed by atoms with van der Waals surface area (Å²) in [6.45, 7) is 3.83. The Morgan fingerprint density at radius 3 is 2.71 bits per heavy atom. The van der Waals surface area contributed by atoms with Crippen LogP contribution in [0.5, 0.6) is 0 Å². The standard InChI is InChI=1S/C25H25ClN8S/c1-14-2-3-15-17(31-14)12-25(22(15)27)7-10-34(11-8-25)19-13-30-24-16(32-19)4-5-20(33-24)35-18-6-9-29-23(28)21(18)26/h2-6,9,13,22H,7-8,10-12,27H2,1H3,(H2,28,29). The van der Waals surface area contributed by atoms with E-state index in [0.29, 0.717) is 16.5 Å². The van der Waals surface area contributed by atoms with Crippen LogP contribution in [0.3, 0.4) is 0 Å². The summed E-state index contributed by atoms with van der Waals surface area (Å²) in [5, 5.41) is 1.20. The summed E-state index contributed by atoms with van der Waals surface area (Å²) in [5.41, 5.74) is 17.4. The van der Waals surface area contributed by atoms with Crippen LogP contribution in [0.25, 0.3) is 11.2 Å². The van der Waals surface area contributed by atoms with E-state index in [1.807, 2.05) is 31.3 Å². The molecule has 1 fully saturated rings. The Hall–Kier alpha value is -3.01. The van der Waals surface area contributed by atoms with Gasteiger partial charge in [-0.3, -0.25) is 4.98 Å². The molecule has 1 spiro atoms. The van der Waals surface area contributed by atoms with Crippen molar-refractivity contribution in [2.24, 2.45) is 11.1 Å². The van der Waals surface area contributed by atoms with Crippen molar-refractivity contribution in [3.8, 4) is 0 Å². The van der Waals surface area contributed by atoms with Crippen molar-refractivity contribution in [2.45, 2.75) is 42.1 Å². The van der Waals surface area contributed by atoms with Crippen LogP contribution in [0.1, 0.15) is 35.8 Å². The molecule has 8 nitrogen and oxygen atoms in total. The van der Waals surface area contributed by atoms with Gasteiger partial charge in [-0.2, -0.15) is 0 Å². The van der Waals surface area contributed by atoms with E-state index in [-0.39, 0.29) is 11.5 Å². The van der Waals surface area contributed by atoms with Crippen molar-refractivity contribution in [3.05, 3.63) is 64.7 Å². The van der Waals surface area contributed by atoms with Gasteiger partial charge >= 0.3 is 0 Å². The summed E-state index contributed by atoms with van der Waals surface area (Å²) in [6, 6.07) is 9.96. The molecule has 2 aliphatic rings. The summed E-state index contributed by atoms with van der Waals surface area (Å²) in [4.78, 5) is 26.0. The minimum absolute atomic E-state index is 0.0415. The zero-order valence-electron chi connectivity index (χ0n) is 19.3. The van der Waals surface area contributed by atoms with Crippen LogP contribution < -0.4 is 16.4 Å². The zero-order chi connectivity index (χ0) is 24.2. The van der Waals surface area contributed by atoms with E-state index in [9.17, 15) is 0 Å². The first kappa shape index (κ1) is 22.5. The van der Waals surface area contributed by atoms with Gasteiger partial charge in [0.2, 0.25) is 0 Å². The Morgan fingerprint density at radius 2 is 1.89 bits per heavy atom. The molecule has 1 aliphatic heterocycles. The average molecular weight is 505 g/mol. The van der Waals surface area contributed by atoms with Gasteiger partial charge in [-0.05, 0) is 61.4 Å². The quantitative estimate of drug-likeness (QED) is 0.419. The number of fused-ring (bicyclic) bond motifs is 2. The van der Waals surface area contributed by atoms with E-state index >= 15 is 0 Å². The highest BCUT2D eigenvalue weighted by Crippen LogP contribution is 2.50. The summed E-state index contributed by atoms with van der Waals surface area (Å²) < 4.78 is 0. The fraction of sp³-hybridized carbons (Fsp3) is 0.320. The van der Waals surface area contributed by atoms with Gasteiger partial charge in [-0.25, -0.2) is 19.9 Å². The molecule has 0 radical (unpaired) electrons. The van der Waals surface area contributed by atoms with Gasteiger partial charge < -0.3 is 16.4 Å². The van der Waals surface area contributed by atoms with E-state index in [1.165, 1.54) is 23.0 Å². The van der Waals surface area contributed by atoms with Gasteiger partial charge in [0.15, 0.2) is 5.65 Å². The van der Waals surface area contributed by atoms with Gasteiger partial charge in [0.1, 0.15) is 22.2 Å². The van der Waals surface area contributed by atoms with E-state index in [0.717, 1.165) is 59.3 Å². The maximum Gasteiger partial charge on any atom is 0.179 e. The second kappa shape index (κ2) is 8.58. The summed E-state index contributed by atoms with van der Waals surface area (Å²) in [7, 11) is 0. The van der Waals surface area contributed by atoms with Crippen molar-refractivity contribution in [1.29, 1.82) is 0 Å². The molecular weight excluding hydrogens is 480 g/mol. The monoisotopic (exact) mass is 504 g/mol. The number of piperidine rings is 1. The van der Waals surface area contributed by atoms with E-state index in [2.05, 4.69) is 32.0 Å². The highest BCUT2D eigenvalue weighted by atomic mass is 35.5. The Bertz CT molecular complexity index is 1440. The molecule has 1 aliphatic carbocycles. The lowest BCUT2D eigenvalue weighted by molar-refractivity contribution is 0.186. The van der Waals surface area contributed by atoms with Gasteiger partial charge in [0.25, 0.3) is 0 Å². The fourth-order valence-electron chi connectivity index (χ4n) is 5.21. The maximum absolute atomic E-state index is 6.74. The molecule has 35 heavy (non-hydrogen) atoms. The second-order valence-electron chi connectivity index (χ2n) is 9.32. The van der Waals surface area contributed by atoms with Crippen LogP contribution in [-0.4, -0.2) is 38.0 Å². The molecule has 0 amide bonds. The minimum atomic E-state index is 0.0415. The summed E-state index contributed by atoms with van der Waals surface area (Å²) in [5.74, 6) is 1.18. The van der Waals surface area contributed by atoms with E-state index < -0.39 is 0 Å². The number of rotatable bonds is 3. The average Bonchev–Trinajstić information content (AvgIpc) is 3.12. The number of nitrogens with two attached hydrogens (primary N) is 2. The third-order valence-corrected chi connectivity index (χ3v) is 8.71. The largest absolute Gasteiger partial charge is 0.382 e. The van der Waals surface area contributed by atoms with E-state index in [4.69, 9.17) is 33.0 Å². The van der Waals surface area contributed by atoms with Gasteiger partial charge in [0, 0.05) is 41.6 Å². The lowest BCUT2D eigenvalue weighted by Gasteiger charge is -2.42. The molecule has 10 heteroatoms. The van der Waals surface area contributed by atoms with E-state index in [1.54, 1.807) is 6.20 Å². The number of nitrogen functional groups attached to an aromatic ring is 1. The highest BCUT2D eigenvalue weighted by molar-refractivity contribution is 7.99. The number of halogens is 1. The van der Waals surface area contributed by atoms with Crippen molar-refractivity contribution < 1.29 is 0 Å². The molecule has 4 aromatic heterocycles. The zero-order valence-corrected chi connectivity index (χ0v) is 20.9. The molecule has 4 aromatic rings. The SMILES string of the molecule is Cc1ccc2c(n1)CC1(CCN(c3cnc4nc(Sc5ccnc(N)c5Cl)ccc4n3)CC1)C2N. The molecule has 4 N–H and O–H groups in total. The molecule has 0 bridgehead atoms. The number of hydrogen-bond donors (Lipinski definition) is 2. The third kappa shape index (κ3) is 3.97. The molecule has 1 saturated heterocycles. The first-order chi connectivity index (χ1) is 16.9. The normalized spacial score (nSPS) is 18.8. The van der Waals surface area contributed by atoms with Crippen LogP contribution in [0.4, 0.5) is 11.6 Å². The van der Waals surface area contributed by atoms with Crippen LogP contribution in [0.2, 0.25) is 5.02 Å². The number of aromatic nitrogens is 5.